The van der Waals surface area contributed by atoms with E-state index >= 15 is 0 Å². The van der Waals surface area contributed by atoms with E-state index in [-0.39, 0.29) is 0 Å². The number of likely N-dealkylation sites (tertiary alicyclic amines) is 1. The largest absolute Gasteiger partial charge is 0.497 e. The minimum Gasteiger partial charge on any atom is -0.497 e. The SMILES string of the molecule is COc1ccc(C2NNCC2CN2CCCC(c3nccn3C)C2)cc1. The maximum atomic E-state index is 5.28. The summed E-state index contributed by atoms with van der Waals surface area (Å²) in [6.45, 7) is 4.40. The normalized spacial score (nSPS) is 26.9. The maximum Gasteiger partial charge on any atom is 0.118 e. The molecule has 0 aliphatic carbocycles. The standard InChI is InChI=1S/C20H29N5O/c1-24-11-9-21-20(24)16-4-3-10-25(13-16)14-17-12-22-23-19(17)15-5-7-18(26-2)8-6-15/h5-9,11,16-17,19,22-23H,3-4,10,12-14H2,1-2H3. The van der Waals surface area contributed by atoms with Crippen molar-refractivity contribution in [1.82, 2.24) is 25.3 Å². The molecular formula is C20H29N5O. The fraction of sp³-hybridized carbons (Fsp3) is 0.550. The van der Waals surface area contributed by atoms with Gasteiger partial charge in [-0.15, -0.1) is 0 Å². The number of hydrogen-bond acceptors (Lipinski definition) is 5. The summed E-state index contributed by atoms with van der Waals surface area (Å²) in [4.78, 5) is 7.21. The van der Waals surface area contributed by atoms with E-state index < -0.39 is 0 Å². The number of rotatable bonds is 5. The third kappa shape index (κ3) is 3.63. The molecule has 2 aromatic rings. The van der Waals surface area contributed by atoms with E-state index in [0.717, 1.165) is 25.4 Å². The maximum absolute atomic E-state index is 5.28. The molecule has 2 aliphatic heterocycles. The summed E-state index contributed by atoms with van der Waals surface area (Å²) in [5.41, 5.74) is 8.14. The Hall–Kier alpha value is -1.89. The molecule has 2 aliphatic rings. The second-order valence-electron chi connectivity index (χ2n) is 7.53. The molecule has 3 atom stereocenters. The van der Waals surface area contributed by atoms with Crippen LogP contribution in [0.3, 0.4) is 0 Å². The molecule has 0 spiro atoms. The van der Waals surface area contributed by atoms with E-state index in [1.807, 2.05) is 18.3 Å². The zero-order chi connectivity index (χ0) is 17.9. The lowest BCUT2D eigenvalue weighted by Gasteiger charge is -2.35. The second kappa shape index (κ2) is 7.78. The second-order valence-corrected chi connectivity index (χ2v) is 7.53. The zero-order valence-corrected chi connectivity index (χ0v) is 15.7. The molecule has 2 saturated heterocycles. The average molecular weight is 355 g/mol. The van der Waals surface area contributed by atoms with E-state index in [9.17, 15) is 0 Å². The molecule has 1 aromatic heterocycles. The topological polar surface area (TPSA) is 54.4 Å². The lowest BCUT2D eigenvalue weighted by molar-refractivity contribution is 0.172. The van der Waals surface area contributed by atoms with Crippen molar-refractivity contribution in [2.45, 2.75) is 24.8 Å². The van der Waals surface area contributed by atoms with Crippen molar-refractivity contribution >= 4 is 0 Å². The van der Waals surface area contributed by atoms with E-state index in [1.54, 1.807) is 7.11 Å². The number of benzene rings is 1. The number of hydrazine groups is 1. The van der Waals surface area contributed by atoms with Gasteiger partial charge in [-0.25, -0.2) is 10.4 Å². The number of methoxy groups -OCH3 is 1. The summed E-state index contributed by atoms with van der Waals surface area (Å²) in [5.74, 6) is 3.24. The van der Waals surface area contributed by atoms with Gasteiger partial charge < -0.3 is 14.2 Å². The van der Waals surface area contributed by atoms with Crippen molar-refractivity contribution < 1.29 is 4.74 Å². The first-order valence-electron chi connectivity index (χ1n) is 9.56. The van der Waals surface area contributed by atoms with Gasteiger partial charge in [0.25, 0.3) is 0 Å². The Morgan fingerprint density at radius 2 is 2.12 bits per heavy atom. The van der Waals surface area contributed by atoms with Crippen LogP contribution in [0.15, 0.2) is 36.7 Å². The molecule has 3 unspecified atom stereocenters. The molecular weight excluding hydrogens is 326 g/mol. The van der Waals surface area contributed by atoms with Gasteiger partial charge in [0.15, 0.2) is 0 Å². The highest BCUT2D eigenvalue weighted by molar-refractivity contribution is 5.30. The van der Waals surface area contributed by atoms with Crippen LogP contribution in [-0.4, -0.2) is 47.7 Å². The Morgan fingerprint density at radius 1 is 1.27 bits per heavy atom. The van der Waals surface area contributed by atoms with Crippen molar-refractivity contribution in [3.63, 3.8) is 0 Å². The Morgan fingerprint density at radius 3 is 2.85 bits per heavy atom. The molecule has 0 bridgehead atoms. The number of nitrogens with zero attached hydrogens (tertiary/aromatic N) is 3. The first-order valence-corrected chi connectivity index (χ1v) is 9.56. The van der Waals surface area contributed by atoms with Gasteiger partial charge >= 0.3 is 0 Å². The predicted octanol–water partition coefficient (Wildman–Crippen LogP) is 2.07. The van der Waals surface area contributed by atoms with E-state index in [2.05, 4.69) is 50.7 Å². The predicted molar refractivity (Wildman–Crippen MR) is 102 cm³/mol. The fourth-order valence-electron chi connectivity index (χ4n) is 4.41. The number of nitrogens with one attached hydrogen (secondary N) is 2. The molecule has 4 rings (SSSR count). The van der Waals surface area contributed by atoms with Crippen LogP contribution >= 0.6 is 0 Å². The molecule has 1 aromatic carbocycles. The highest BCUT2D eigenvalue weighted by Crippen LogP contribution is 2.30. The van der Waals surface area contributed by atoms with Gasteiger partial charge in [0.1, 0.15) is 11.6 Å². The number of aromatic nitrogens is 2. The number of ether oxygens (including phenoxy) is 1. The van der Waals surface area contributed by atoms with E-state index in [1.165, 1.54) is 30.8 Å². The number of piperidine rings is 1. The van der Waals surface area contributed by atoms with Crippen LogP contribution < -0.4 is 15.6 Å². The number of hydrogen-bond donors (Lipinski definition) is 2. The van der Waals surface area contributed by atoms with E-state index in [0.29, 0.717) is 17.9 Å². The van der Waals surface area contributed by atoms with Crippen molar-refractivity contribution in [1.29, 1.82) is 0 Å². The fourth-order valence-corrected chi connectivity index (χ4v) is 4.41. The highest BCUT2D eigenvalue weighted by Gasteiger charge is 2.32. The molecule has 2 fully saturated rings. The van der Waals surface area contributed by atoms with Crippen molar-refractivity contribution in [2.24, 2.45) is 13.0 Å². The van der Waals surface area contributed by atoms with Gasteiger partial charge in [-0.2, -0.15) is 0 Å². The Balaban J connectivity index is 1.41. The van der Waals surface area contributed by atoms with Gasteiger partial charge in [0.05, 0.1) is 13.2 Å². The average Bonchev–Trinajstić information content (AvgIpc) is 3.31. The molecule has 6 nitrogen and oxygen atoms in total. The molecule has 3 heterocycles. The first kappa shape index (κ1) is 17.5. The highest BCUT2D eigenvalue weighted by atomic mass is 16.5. The van der Waals surface area contributed by atoms with Gasteiger partial charge in [-0.3, -0.25) is 5.43 Å². The van der Waals surface area contributed by atoms with Gasteiger partial charge in [0, 0.05) is 50.9 Å². The summed E-state index contributed by atoms with van der Waals surface area (Å²) in [6.07, 6.45) is 6.46. The van der Waals surface area contributed by atoms with Crippen LogP contribution in [0, 0.1) is 5.92 Å². The molecule has 6 heteroatoms. The van der Waals surface area contributed by atoms with Crippen molar-refractivity contribution in [3.05, 3.63) is 48.0 Å². The quantitative estimate of drug-likeness (QED) is 0.860. The van der Waals surface area contributed by atoms with Crippen LogP contribution in [0.25, 0.3) is 0 Å². The summed E-state index contributed by atoms with van der Waals surface area (Å²) in [5, 5.41) is 0. The van der Waals surface area contributed by atoms with E-state index in [4.69, 9.17) is 4.74 Å². The third-order valence-corrected chi connectivity index (χ3v) is 5.79. The summed E-state index contributed by atoms with van der Waals surface area (Å²) in [7, 11) is 3.81. The minimum absolute atomic E-state index is 0.342. The molecule has 0 saturated carbocycles. The summed E-state index contributed by atoms with van der Waals surface area (Å²) < 4.78 is 7.46. The van der Waals surface area contributed by atoms with Crippen molar-refractivity contribution in [3.8, 4) is 5.75 Å². The summed E-state index contributed by atoms with van der Waals surface area (Å²) >= 11 is 0. The van der Waals surface area contributed by atoms with Gasteiger partial charge in [-0.05, 0) is 37.1 Å². The molecule has 26 heavy (non-hydrogen) atoms. The third-order valence-electron chi connectivity index (χ3n) is 5.79. The lowest BCUT2D eigenvalue weighted by Crippen LogP contribution is -2.40. The molecule has 0 amide bonds. The monoisotopic (exact) mass is 355 g/mol. The van der Waals surface area contributed by atoms with Crippen LogP contribution in [0.1, 0.15) is 36.2 Å². The first-order chi connectivity index (χ1) is 12.7. The van der Waals surface area contributed by atoms with Gasteiger partial charge in [0.2, 0.25) is 0 Å². The molecule has 0 radical (unpaired) electrons. The number of imidazole rings is 1. The minimum atomic E-state index is 0.342. The Labute approximate surface area is 155 Å². The van der Waals surface area contributed by atoms with Crippen LogP contribution in [0.2, 0.25) is 0 Å². The number of aryl methyl sites for hydroxylation is 1. The lowest BCUT2D eigenvalue weighted by atomic mass is 9.92. The summed E-state index contributed by atoms with van der Waals surface area (Å²) in [6, 6.07) is 8.77. The van der Waals surface area contributed by atoms with Crippen LogP contribution in [-0.2, 0) is 7.05 Å². The Bertz CT molecular complexity index is 713. The van der Waals surface area contributed by atoms with Crippen LogP contribution in [0.5, 0.6) is 5.75 Å². The van der Waals surface area contributed by atoms with Crippen molar-refractivity contribution in [2.75, 3.05) is 33.3 Å². The zero-order valence-electron chi connectivity index (χ0n) is 15.7. The van der Waals surface area contributed by atoms with Crippen LogP contribution in [0.4, 0.5) is 0 Å². The smallest absolute Gasteiger partial charge is 0.118 e. The molecule has 140 valence electrons. The molecule has 2 N–H and O–H groups in total. The Kier molecular flexibility index (Phi) is 5.24. The van der Waals surface area contributed by atoms with Gasteiger partial charge in [-0.1, -0.05) is 12.1 Å².